The smallest absolute Gasteiger partial charge is 0.303 e. The molecule has 25 heavy (non-hydrogen) atoms. The maximum absolute atomic E-state index is 12.1. The highest BCUT2D eigenvalue weighted by Gasteiger charge is 2.34. The molecule has 4 atom stereocenters. The van der Waals surface area contributed by atoms with Crippen LogP contribution in [0.25, 0.3) is 0 Å². The van der Waals surface area contributed by atoms with Crippen LogP contribution in [0.1, 0.15) is 57.8 Å². The highest BCUT2D eigenvalue weighted by Crippen LogP contribution is 2.31. The molecule has 0 amide bonds. The number of hydrogen-bond acceptors (Lipinski definition) is 4. The van der Waals surface area contributed by atoms with E-state index in [0.717, 1.165) is 19.3 Å². The van der Waals surface area contributed by atoms with Crippen LogP contribution in [0.5, 0.6) is 0 Å². The monoisotopic (exact) mass is 350 g/mol. The van der Waals surface area contributed by atoms with Crippen molar-refractivity contribution in [2.75, 3.05) is 0 Å². The maximum atomic E-state index is 12.1. The molecule has 0 aliphatic heterocycles. The van der Waals surface area contributed by atoms with Crippen molar-refractivity contribution >= 4 is 11.8 Å². The summed E-state index contributed by atoms with van der Waals surface area (Å²) < 4.78 is 0. The Balaban J connectivity index is 1.80. The Kier molecular flexibility index (Phi) is 7.85. The third-order valence-electron chi connectivity index (χ3n) is 5.44. The van der Waals surface area contributed by atoms with Crippen molar-refractivity contribution in [2.24, 2.45) is 17.8 Å². The van der Waals surface area contributed by atoms with Gasteiger partial charge in [0.1, 0.15) is 0 Å². The first-order valence-corrected chi connectivity index (χ1v) is 9.47. The minimum absolute atomic E-state index is 0.0666. The van der Waals surface area contributed by atoms with Gasteiger partial charge in [-0.3, -0.25) is 9.59 Å². The summed E-state index contributed by atoms with van der Waals surface area (Å²) in [5.74, 6) is -1.20. The lowest BCUT2D eigenvalue weighted by Gasteiger charge is -2.22. The predicted molar refractivity (Wildman–Crippen MR) is 95.0 cm³/mol. The van der Waals surface area contributed by atoms with Crippen molar-refractivity contribution in [3.8, 4) is 0 Å². The minimum Gasteiger partial charge on any atom is -0.481 e. The van der Waals surface area contributed by atoms with Crippen LogP contribution in [-0.2, 0) is 9.59 Å². The molecule has 0 spiro atoms. The number of aliphatic carboxylic acids is 1. The second kappa shape index (κ2) is 9.88. The Labute approximate surface area is 149 Å². The second-order valence-corrected chi connectivity index (χ2v) is 7.35. The molecule has 1 saturated carbocycles. The van der Waals surface area contributed by atoms with Crippen molar-refractivity contribution in [3.63, 3.8) is 0 Å². The van der Waals surface area contributed by atoms with E-state index in [-0.39, 0.29) is 18.1 Å². The molecule has 2 aliphatic rings. The van der Waals surface area contributed by atoms with E-state index in [1.807, 2.05) is 6.08 Å². The van der Waals surface area contributed by atoms with Gasteiger partial charge in [-0.05, 0) is 37.7 Å². The maximum Gasteiger partial charge on any atom is 0.303 e. The Hall–Kier alpha value is -1.46. The molecule has 0 aromatic rings. The van der Waals surface area contributed by atoms with Gasteiger partial charge in [-0.25, -0.2) is 0 Å². The largest absolute Gasteiger partial charge is 0.481 e. The number of carboxylic acid groups (broad SMARTS) is 1. The van der Waals surface area contributed by atoms with Crippen LogP contribution in [0.2, 0.25) is 0 Å². The molecule has 2 aliphatic carbocycles. The van der Waals surface area contributed by atoms with E-state index < -0.39 is 24.1 Å². The second-order valence-electron chi connectivity index (χ2n) is 7.35. The van der Waals surface area contributed by atoms with Crippen LogP contribution in [0, 0.1) is 17.8 Å². The SMILES string of the molecule is O=C(O)CCCCCC(O)C1C(=O)C=CC1/C=C/C(O)C1CCCC1. The number of carboxylic acids is 1. The first-order valence-electron chi connectivity index (χ1n) is 9.47. The third-order valence-corrected chi connectivity index (χ3v) is 5.44. The summed E-state index contributed by atoms with van der Waals surface area (Å²) in [5, 5.41) is 29.3. The molecule has 2 rings (SSSR count). The fraction of sp³-hybridized carbons (Fsp3) is 0.700. The zero-order valence-electron chi connectivity index (χ0n) is 14.7. The summed E-state index contributed by atoms with van der Waals surface area (Å²) in [6.07, 6.45) is 12.9. The Morgan fingerprint density at radius 1 is 1.20 bits per heavy atom. The van der Waals surface area contributed by atoms with E-state index >= 15 is 0 Å². The summed E-state index contributed by atoms with van der Waals surface area (Å²) in [7, 11) is 0. The van der Waals surface area contributed by atoms with Crippen LogP contribution in [0.3, 0.4) is 0 Å². The minimum atomic E-state index is -0.804. The quantitative estimate of drug-likeness (QED) is 0.416. The molecule has 5 nitrogen and oxygen atoms in total. The molecule has 0 aromatic heterocycles. The van der Waals surface area contributed by atoms with Gasteiger partial charge in [-0.1, -0.05) is 43.9 Å². The average Bonchev–Trinajstić information content (AvgIpc) is 3.21. The zero-order chi connectivity index (χ0) is 18.2. The molecule has 140 valence electrons. The van der Waals surface area contributed by atoms with Crippen LogP contribution >= 0.6 is 0 Å². The summed E-state index contributed by atoms with van der Waals surface area (Å²) in [6, 6.07) is 0. The number of ketones is 1. The van der Waals surface area contributed by atoms with Crippen LogP contribution in [-0.4, -0.2) is 39.3 Å². The molecule has 4 unspecified atom stereocenters. The van der Waals surface area contributed by atoms with Gasteiger partial charge in [0.2, 0.25) is 0 Å². The van der Waals surface area contributed by atoms with Gasteiger partial charge in [0.15, 0.2) is 5.78 Å². The standard InChI is InChI=1S/C20H30O5/c21-16(14-6-4-5-7-14)12-10-15-11-13-18(23)20(15)17(22)8-2-1-3-9-19(24)25/h10-17,20-22H,1-9H2,(H,24,25)/b12-10+. The van der Waals surface area contributed by atoms with E-state index in [9.17, 15) is 19.8 Å². The molecular formula is C20H30O5. The first-order chi connectivity index (χ1) is 12.0. The first kappa shape index (κ1) is 19.9. The van der Waals surface area contributed by atoms with Crippen molar-refractivity contribution in [1.82, 2.24) is 0 Å². The van der Waals surface area contributed by atoms with Crippen molar-refractivity contribution in [2.45, 2.75) is 70.0 Å². The van der Waals surface area contributed by atoms with Gasteiger partial charge in [0.05, 0.1) is 18.1 Å². The van der Waals surface area contributed by atoms with Gasteiger partial charge in [0.25, 0.3) is 0 Å². The number of rotatable bonds is 10. The summed E-state index contributed by atoms with van der Waals surface area (Å²) in [5.41, 5.74) is 0. The zero-order valence-corrected chi connectivity index (χ0v) is 14.7. The number of aliphatic hydroxyl groups excluding tert-OH is 2. The van der Waals surface area contributed by atoms with Gasteiger partial charge in [-0.15, -0.1) is 0 Å². The molecular weight excluding hydrogens is 320 g/mol. The van der Waals surface area contributed by atoms with Gasteiger partial charge in [0, 0.05) is 12.3 Å². The highest BCUT2D eigenvalue weighted by atomic mass is 16.4. The van der Waals surface area contributed by atoms with E-state index in [4.69, 9.17) is 5.11 Å². The normalized spacial score (nSPS) is 26.6. The molecule has 1 fully saturated rings. The van der Waals surface area contributed by atoms with E-state index in [0.29, 0.717) is 25.2 Å². The van der Waals surface area contributed by atoms with Crippen molar-refractivity contribution in [1.29, 1.82) is 0 Å². The number of hydrogen-bond donors (Lipinski definition) is 3. The molecule has 5 heteroatoms. The average molecular weight is 350 g/mol. The lowest BCUT2D eigenvalue weighted by Crippen LogP contribution is -2.29. The van der Waals surface area contributed by atoms with Crippen molar-refractivity contribution < 1.29 is 24.9 Å². The molecule has 0 heterocycles. The van der Waals surface area contributed by atoms with Crippen LogP contribution < -0.4 is 0 Å². The van der Waals surface area contributed by atoms with Gasteiger partial charge < -0.3 is 15.3 Å². The summed E-state index contributed by atoms with van der Waals surface area (Å²) in [4.78, 5) is 22.6. The summed E-state index contributed by atoms with van der Waals surface area (Å²) >= 11 is 0. The third kappa shape index (κ3) is 6.08. The van der Waals surface area contributed by atoms with Gasteiger partial charge >= 0.3 is 5.97 Å². The lowest BCUT2D eigenvalue weighted by atomic mass is 9.86. The fourth-order valence-corrected chi connectivity index (χ4v) is 3.94. The molecule has 0 saturated heterocycles. The van der Waals surface area contributed by atoms with Crippen LogP contribution in [0.15, 0.2) is 24.3 Å². The number of unbranched alkanes of at least 4 members (excludes halogenated alkanes) is 2. The van der Waals surface area contributed by atoms with E-state index in [1.54, 1.807) is 12.2 Å². The topological polar surface area (TPSA) is 94.8 Å². The highest BCUT2D eigenvalue weighted by molar-refractivity contribution is 5.95. The molecule has 0 bridgehead atoms. The molecule has 0 aromatic carbocycles. The van der Waals surface area contributed by atoms with E-state index in [1.165, 1.54) is 18.9 Å². The Bertz CT molecular complexity index is 504. The number of carbonyl (C=O) groups is 2. The Morgan fingerprint density at radius 2 is 1.92 bits per heavy atom. The molecule has 3 N–H and O–H groups in total. The predicted octanol–water partition coefficient (Wildman–Crippen LogP) is 2.86. The number of carbonyl (C=O) groups excluding carboxylic acids is 1. The lowest BCUT2D eigenvalue weighted by molar-refractivity contribution is -0.137. The molecule has 0 radical (unpaired) electrons. The fourth-order valence-electron chi connectivity index (χ4n) is 3.94. The van der Waals surface area contributed by atoms with Crippen molar-refractivity contribution in [3.05, 3.63) is 24.3 Å². The Morgan fingerprint density at radius 3 is 2.60 bits per heavy atom. The number of allylic oxidation sites excluding steroid dienone is 3. The summed E-state index contributed by atoms with van der Waals surface area (Å²) in [6.45, 7) is 0. The van der Waals surface area contributed by atoms with Crippen LogP contribution in [0.4, 0.5) is 0 Å². The number of aliphatic hydroxyl groups is 2. The van der Waals surface area contributed by atoms with E-state index in [2.05, 4.69) is 0 Å². The van der Waals surface area contributed by atoms with Gasteiger partial charge in [-0.2, -0.15) is 0 Å².